The molecule has 0 radical (unpaired) electrons. The zero-order valence-corrected chi connectivity index (χ0v) is 21.0. The van der Waals surface area contributed by atoms with Crippen LogP contribution in [0.3, 0.4) is 0 Å². The Morgan fingerprint density at radius 3 is 1.92 bits per heavy atom. The summed E-state index contributed by atoms with van der Waals surface area (Å²) < 4.78 is 45.9. The standard InChI is InChI=1S/C25H29N3O7S/c1-33-21-7-3-19(4-8-21)17-27(18-20-5-9-22(34-2)10-6-20)36(31,32)23-11-14-28(26-23)25(24(29)30)12-15-35-16-13-25/h3-11,14H,12-13,15-18H2,1-2H3,(H,29,30). The largest absolute Gasteiger partial charge is 0.497 e. The maximum Gasteiger partial charge on any atom is 0.331 e. The SMILES string of the molecule is COc1ccc(CN(Cc2ccc(OC)cc2)S(=O)(=O)c2ccn(C3(C(=O)O)CCOCC3)n2)cc1. The smallest absolute Gasteiger partial charge is 0.331 e. The van der Waals surface area contributed by atoms with E-state index in [9.17, 15) is 18.3 Å². The van der Waals surface area contributed by atoms with Gasteiger partial charge in [-0.2, -0.15) is 9.40 Å². The van der Waals surface area contributed by atoms with Gasteiger partial charge in [-0.3, -0.25) is 4.68 Å². The van der Waals surface area contributed by atoms with Gasteiger partial charge in [0, 0.05) is 45.3 Å². The van der Waals surface area contributed by atoms with Crippen LogP contribution in [0.15, 0.2) is 65.8 Å². The van der Waals surface area contributed by atoms with Gasteiger partial charge in [-0.25, -0.2) is 13.2 Å². The molecule has 1 aromatic heterocycles. The summed E-state index contributed by atoms with van der Waals surface area (Å²) in [5.41, 5.74) is 0.181. The summed E-state index contributed by atoms with van der Waals surface area (Å²) in [5.74, 6) is 0.265. The van der Waals surface area contributed by atoms with Gasteiger partial charge in [0.25, 0.3) is 10.0 Å². The number of nitrogens with zero attached hydrogens (tertiary/aromatic N) is 3. The number of methoxy groups -OCH3 is 2. The highest BCUT2D eigenvalue weighted by Gasteiger charge is 2.43. The number of rotatable bonds is 10. The molecule has 0 saturated carbocycles. The van der Waals surface area contributed by atoms with Crippen molar-refractivity contribution < 1.29 is 32.5 Å². The number of hydrogen-bond acceptors (Lipinski definition) is 7. The van der Waals surface area contributed by atoms with E-state index >= 15 is 0 Å². The van der Waals surface area contributed by atoms with Crippen molar-refractivity contribution in [1.29, 1.82) is 0 Å². The van der Waals surface area contributed by atoms with Gasteiger partial charge in [-0.15, -0.1) is 0 Å². The van der Waals surface area contributed by atoms with Crippen LogP contribution in [-0.4, -0.2) is 61.0 Å². The lowest BCUT2D eigenvalue weighted by atomic mass is 9.90. The summed E-state index contributed by atoms with van der Waals surface area (Å²) in [6, 6.07) is 15.6. The molecule has 1 fully saturated rings. The van der Waals surface area contributed by atoms with E-state index in [1.165, 1.54) is 21.3 Å². The lowest BCUT2D eigenvalue weighted by Gasteiger charge is -2.33. The van der Waals surface area contributed by atoms with Crippen LogP contribution in [-0.2, 0) is 38.2 Å². The quantitative estimate of drug-likeness (QED) is 0.438. The molecule has 36 heavy (non-hydrogen) atoms. The predicted molar refractivity (Wildman–Crippen MR) is 130 cm³/mol. The van der Waals surface area contributed by atoms with Gasteiger partial charge in [0.1, 0.15) is 11.5 Å². The second-order valence-corrected chi connectivity index (χ2v) is 10.4. The molecule has 0 amide bonds. The Labute approximate surface area is 210 Å². The number of ether oxygens (including phenoxy) is 3. The average molecular weight is 516 g/mol. The van der Waals surface area contributed by atoms with Crippen molar-refractivity contribution in [3.63, 3.8) is 0 Å². The van der Waals surface area contributed by atoms with Gasteiger partial charge in [0.05, 0.1) is 14.2 Å². The molecular formula is C25H29N3O7S. The molecule has 0 unspecified atom stereocenters. The molecule has 3 aromatic rings. The Morgan fingerprint density at radius 2 is 1.47 bits per heavy atom. The molecular weight excluding hydrogens is 486 g/mol. The lowest BCUT2D eigenvalue weighted by Crippen LogP contribution is -2.47. The van der Waals surface area contributed by atoms with Gasteiger partial charge in [-0.1, -0.05) is 24.3 Å². The van der Waals surface area contributed by atoms with E-state index in [-0.39, 0.29) is 44.2 Å². The van der Waals surface area contributed by atoms with E-state index in [4.69, 9.17) is 14.2 Å². The normalized spacial score (nSPS) is 15.5. The van der Waals surface area contributed by atoms with Crippen LogP contribution in [0.2, 0.25) is 0 Å². The van der Waals surface area contributed by atoms with Crippen molar-refractivity contribution in [1.82, 2.24) is 14.1 Å². The van der Waals surface area contributed by atoms with Crippen LogP contribution in [0.25, 0.3) is 0 Å². The Kier molecular flexibility index (Phi) is 7.62. The van der Waals surface area contributed by atoms with Gasteiger partial charge in [0.15, 0.2) is 10.6 Å². The fraction of sp³-hybridized carbons (Fsp3) is 0.360. The first-order valence-corrected chi connectivity index (χ1v) is 12.9. The highest BCUT2D eigenvalue weighted by atomic mass is 32.2. The second kappa shape index (κ2) is 10.7. The summed E-state index contributed by atoms with van der Waals surface area (Å²) in [6.45, 7) is 0.691. The summed E-state index contributed by atoms with van der Waals surface area (Å²) in [6.07, 6.45) is 1.82. The van der Waals surface area contributed by atoms with Gasteiger partial charge in [0.2, 0.25) is 0 Å². The van der Waals surface area contributed by atoms with Crippen molar-refractivity contribution in [3.8, 4) is 11.5 Å². The Bertz CT molecular complexity index is 1230. The molecule has 2 heterocycles. The molecule has 1 aliphatic heterocycles. The Hall–Kier alpha value is -3.41. The first-order chi connectivity index (χ1) is 17.3. The average Bonchev–Trinajstić information content (AvgIpc) is 3.41. The van der Waals surface area contributed by atoms with Crippen LogP contribution in [0.5, 0.6) is 11.5 Å². The first kappa shape index (κ1) is 25.7. The van der Waals surface area contributed by atoms with Crippen molar-refractivity contribution >= 4 is 16.0 Å². The number of aromatic nitrogens is 2. The van der Waals surface area contributed by atoms with Gasteiger partial charge < -0.3 is 19.3 Å². The topological polar surface area (TPSA) is 120 Å². The third kappa shape index (κ3) is 5.23. The van der Waals surface area contributed by atoms with E-state index in [1.54, 1.807) is 62.8 Å². The van der Waals surface area contributed by atoms with E-state index < -0.39 is 21.5 Å². The van der Waals surface area contributed by atoms with E-state index in [2.05, 4.69) is 5.10 Å². The summed E-state index contributed by atoms with van der Waals surface area (Å²) in [5, 5.41) is 14.0. The monoisotopic (exact) mass is 515 g/mol. The summed E-state index contributed by atoms with van der Waals surface area (Å²) in [4.78, 5) is 12.2. The fourth-order valence-corrected chi connectivity index (χ4v) is 5.49. The highest BCUT2D eigenvalue weighted by Crippen LogP contribution is 2.30. The van der Waals surface area contributed by atoms with Crippen LogP contribution in [0.1, 0.15) is 24.0 Å². The van der Waals surface area contributed by atoms with Crippen molar-refractivity contribution in [3.05, 3.63) is 71.9 Å². The summed E-state index contributed by atoms with van der Waals surface area (Å²) in [7, 11) is -0.957. The first-order valence-electron chi connectivity index (χ1n) is 11.4. The molecule has 2 aromatic carbocycles. The number of sulfonamides is 1. The number of hydrogen-bond donors (Lipinski definition) is 1. The fourth-order valence-electron chi connectivity index (χ4n) is 4.16. The summed E-state index contributed by atoms with van der Waals surface area (Å²) >= 11 is 0. The molecule has 0 spiro atoms. The minimum Gasteiger partial charge on any atom is -0.497 e. The van der Waals surface area contributed by atoms with Crippen molar-refractivity contribution in [2.75, 3.05) is 27.4 Å². The van der Waals surface area contributed by atoms with E-state index in [1.807, 2.05) is 0 Å². The molecule has 1 saturated heterocycles. The highest BCUT2D eigenvalue weighted by molar-refractivity contribution is 7.89. The third-order valence-electron chi connectivity index (χ3n) is 6.36. The minimum atomic E-state index is -4.08. The zero-order chi connectivity index (χ0) is 25.8. The van der Waals surface area contributed by atoms with Crippen LogP contribution < -0.4 is 9.47 Å². The Balaban J connectivity index is 1.68. The molecule has 11 heteroatoms. The number of aliphatic carboxylic acids is 1. The Morgan fingerprint density at radius 1 is 0.972 bits per heavy atom. The molecule has 10 nitrogen and oxygen atoms in total. The van der Waals surface area contributed by atoms with Crippen LogP contribution in [0, 0.1) is 0 Å². The van der Waals surface area contributed by atoms with Crippen LogP contribution >= 0.6 is 0 Å². The lowest BCUT2D eigenvalue weighted by molar-refractivity contribution is -0.153. The molecule has 0 bridgehead atoms. The number of carboxylic acids is 1. The van der Waals surface area contributed by atoms with Gasteiger partial charge in [-0.05, 0) is 41.5 Å². The van der Waals surface area contributed by atoms with Crippen LogP contribution in [0.4, 0.5) is 0 Å². The molecule has 0 atom stereocenters. The van der Waals surface area contributed by atoms with E-state index in [0.29, 0.717) is 11.5 Å². The zero-order valence-electron chi connectivity index (χ0n) is 20.2. The number of carbonyl (C=O) groups is 1. The molecule has 0 aliphatic carbocycles. The second-order valence-electron chi connectivity index (χ2n) is 8.52. The third-order valence-corrected chi connectivity index (χ3v) is 8.05. The maximum absolute atomic E-state index is 13.8. The van der Waals surface area contributed by atoms with Crippen molar-refractivity contribution in [2.45, 2.75) is 36.5 Å². The number of carboxylic acid groups (broad SMARTS) is 1. The van der Waals surface area contributed by atoms with Gasteiger partial charge >= 0.3 is 5.97 Å². The maximum atomic E-state index is 13.8. The number of benzene rings is 2. The molecule has 4 rings (SSSR count). The van der Waals surface area contributed by atoms with Crippen molar-refractivity contribution in [2.24, 2.45) is 0 Å². The minimum absolute atomic E-state index is 0.0864. The molecule has 192 valence electrons. The molecule has 1 N–H and O–H groups in total. The molecule has 1 aliphatic rings. The predicted octanol–water partition coefficient (Wildman–Crippen LogP) is 2.88. The van der Waals surface area contributed by atoms with E-state index in [0.717, 1.165) is 11.1 Å².